The van der Waals surface area contributed by atoms with E-state index in [1.165, 1.54) is 10.6 Å². The van der Waals surface area contributed by atoms with E-state index in [-0.39, 0.29) is 17.4 Å². The zero-order valence-electron chi connectivity index (χ0n) is 12.4. The highest BCUT2D eigenvalue weighted by molar-refractivity contribution is 5.94. The highest BCUT2D eigenvalue weighted by Crippen LogP contribution is 2.05. The minimum Gasteiger partial charge on any atom is -0.355 e. The lowest BCUT2D eigenvalue weighted by Crippen LogP contribution is -2.25. The Hall–Kier alpha value is -2.89. The molecule has 0 aliphatic carbocycles. The molecule has 114 valence electrons. The zero-order valence-corrected chi connectivity index (χ0v) is 12.4. The highest BCUT2D eigenvalue weighted by Gasteiger charge is 2.07. The van der Waals surface area contributed by atoms with Gasteiger partial charge >= 0.3 is 0 Å². The third-order valence-electron chi connectivity index (χ3n) is 3.26. The molecule has 6 nitrogen and oxygen atoms in total. The smallest absolute Gasteiger partial charge is 0.251 e. The van der Waals surface area contributed by atoms with Gasteiger partial charge in [-0.15, -0.1) is 0 Å². The molecule has 0 spiro atoms. The Bertz CT molecular complexity index is 748. The number of benzene rings is 1. The maximum absolute atomic E-state index is 12.0. The fourth-order valence-electron chi connectivity index (χ4n) is 1.89. The molecule has 2 amide bonds. The zero-order chi connectivity index (χ0) is 16.1. The van der Waals surface area contributed by atoms with E-state index in [4.69, 9.17) is 0 Å². The fraction of sp³-hybridized carbons (Fsp3) is 0.188. The monoisotopic (exact) mass is 299 g/mol. The molecule has 0 fully saturated rings. The van der Waals surface area contributed by atoms with Crippen LogP contribution in [0.4, 0.5) is 0 Å². The first-order chi connectivity index (χ1) is 10.5. The predicted molar refractivity (Wildman–Crippen MR) is 82.7 cm³/mol. The molecule has 0 bridgehead atoms. The first-order valence-electron chi connectivity index (χ1n) is 6.77. The molecule has 0 saturated heterocycles. The van der Waals surface area contributed by atoms with Crippen molar-refractivity contribution in [2.24, 2.45) is 7.05 Å². The minimum absolute atomic E-state index is 0.157. The summed E-state index contributed by atoms with van der Waals surface area (Å²) in [4.78, 5) is 34.9. The van der Waals surface area contributed by atoms with E-state index in [2.05, 4.69) is 10.6 Å². The van der Waals surface area contributed by atoms with E-state index in [0.29, 0.717) is 17.7 Å². The average molecular weight is 299 g/mol. The molecule has 1 aromatic heterocycles. The Labute approximate surface area is 127 Å². The number of hydrogen-bond acceptors (Lipinski definition) is 3. The van der Waals surface area contributed by atoms with Gasteiger partial charge in [0.05, 0.1) is 0 Å². The summed E-state index contributed by atoms with van der Waals surface area (Å²) < 4.78 is 1.40. The Kier molecular flexibility index (Phi) is 4.73. The van der Waals surface area contributed by atoms with Gasteiger partial charge in [0.1, 0.15) is 0 Å². The van der Waals surface area contributed by atoms with Gasteiger partial charge < -0.3 is 15.2 Å². The first-order valence-corrected chi connectivity index (χ1v) is 6.77. The number of pyridine rings is 1. The van der Waals surface area contributed by atoms with Crippen LogP contribution in [0.5, 0.6) is 0 Å². The van der Waals surface area contributed by atoms with Gasteiger partial charge in [0.25, 0.3) is 17.4 Å². The summed E-state index contributed by atoms with van der Waals surface area (Å²) in [7, 11) is 3.19. The van der Waals surface area contributed by atoms with Crippen molar-refractivity contribution in [3.8, 4) is 0 Å². The predicted octanol–water partition coefficient (Wildman–Crippen LogP) is 0.675. The van der Waals surface area contributed by atoms with E-state index in [9.17, 15) is 14.4 Å². The second kappa shape index (κ2) is 6.71. The fourth-order valence-corrected chi connectivity index (χ4v) is 1.89. The topological polar surface area (TPSA) is 80.2 Å². The van der Waals surface area contributed by atoms with Crippen LogP contribution in [0, 0.1) is 0 Å². The number of nitrogens with one attached hydrogen (secondary N) is 2. The second-order valence-electron chi connectivity index (χ2n) is 4.82. The maximum atomic E-state index is 12.0. The number of rotatable bonds is 4. The van der Waals surface area contributed by atoms with Crippen LogP contribution in [0.25, 0.3) is 0 Å². The quantitative estimate of drug-likeness (QED) is 0.871. The van der Waals surface area contributed by atoms with Crippen LogP contribution in [0.1, 0.15) is 26.3 Å². The van der Waals surface area contributed by atoms with Crippen LogP contribution in [-0.4, -0.2) is 23.4 Å². The average Bonchev–Trinajstić information content (AvgIpc) is 2.54. The Balaban J connectivity index is 2.00. The molecule has 2 N–H and O–H groups in total. The molecule has 0 aliphatic rings. The third-order valence-corrected chi connectivity index (χ3v) is 3.26. The molecule has 0 unspecified atom stereocenters. The molecule has 0 saturated carbocycles. The molecular formula is C16H17N3O3. The molecule has 6 heteroatoms. The lowest BCUT2D eigenvalue weighted by molar-refractivity contribution is 0.0945. The van der Waals surface area contributed by atoms with Crippen molar-refractivity contribution in [1.29, 1.82) is 0 Å². The van der Waals surface area contributed by atoms with E-state index in [1.807, 2.05) is 0 Å². The first kappa shape index (κ1) is 15.5. The van der Waals surface area contributed by atoms with Crippen LogP contribution >= 0.6 is 0 Å². The number of hydrogen-bond donors (Lipinski definition) is 2. The number of carbonyl (C=O) groups excluding carboxylic acids is 2. The van der Waals surface area contributed by atoms with Gasteiger partial charge in [-0.1, -0.05) is 12.1 Å². The van der Waals surface area contributed by atoms with Crippen LogP contribution in [0.3, 0.4) is 0 Å². The van der Waals surface area contributed by atoms with Gasteiger partial charge in [-0.2, -0.15) is 0 Å². The Morgan fingerprint density at radius 3 is 2.32 bits per heavy atom. The number of nitrogens with zero attached hydrogens (tertiary/aromatic N) is 1. The molecular weight excluding hydrogens is 282 g/mol. The van der Waals surface area contributed by atoms with Crippen LogP contribution in [-0.2, 0) is 13.6 Å². The second-order valence-corrected chi connectivity index (χ2v) is 4.82. The molecule has 1 heterocycles. The summed E-state index contributed by atoms with van der Waals surface area (Å²) in [6.07, 6.45) is 1.55. The van der Waals surface area contributed by atoms with E-state index in [0.717, 1.165) is 5.56 Å². The number of amides is 2. The minimum atomic E-state index is -0.312. The van der Waals surface area contributed by atoms with Gasteiger partial charge in [0, 0.05) is 44.0 Å². The lowest BCUT2D eigenvalue weighted by atomic mass is 10.1. The van der Waals surface area contributed by atoms with Crippen LogP contribution in [0.2, 0.25) is 0 Å². The van der Waals surface area contributed by atoms with E-state index < -0.39 is 0 Å². The third kappa shape index (κ3) is 3.60. The largest absolute Gasteiger partial charge is 0.355 e. The summed E-state index contributed by atoms with van der Waals surface area (Å²) in [6, 6.07) is 9.82. The van der Waals surface area contributed by atoms with Gasteiger partial charge in [0.15, 0.2) is 0 Å². The summed E-state index contributed by atoms with van der Waals surface area (Å²) in [5, 5.41) is 5.28. The number of aromatic nitrogens is 1. The van der Waals surface area contributed by atoms with Crippen molar-refractivity contribution in [3.05, 3.63) is 69.6 Å². The summed E-state index contributed by atoms with van der Waals surface area (Å²) in [5.41, 5.74) is 1.52. The van der Waals surface area contributed by atoms with Crippen molar-refractivity contribution in [3.63, 3.8) is 0 Å². The van der Waals surface area contributed by atoms with E-state index in [1.54, 1.807) is 50.6 Å². The van der Waals surface area contributed by atoms with Crippen molar-refractivity contribution in [1.82, 2.24) is 15.2 Å². The molecule has 22 heavy (non-hydrogen) atoms. The van der Waals surface area contributed by atoms with Crippen molar-refractivity contribution in [2.75, 3.05) is 7.05 Å². The van der Waals surface area contributed by atoms with Crippen molar-refractivity contribution in [2.45, 2.75) is 6.54 Å². The van der Waals surface area contributed by atoms with Gasteiger partial charge in [-0.25, -0.2) is 0 Å². The summed E-state index contributed by atoms with van der Waals surface area (Å²) >= 11 is 0. The standard InChI is InChI=1S/C16H17N3O3/c1-17-15(21)12-5-3-11(4-6-12)10-18-16(22)13-7-8-19(2)14(20)9-13/h3-9H,10H2,1-2H3,(H,17,21)(H,18,22). The van der Waals surface area contributed by atoms with Crippen LogP contribution < -0.4 is 16.2 Å². The summed E-state index contributed by atoms with van der Waals surface area (Å²) in [6.45, 7) is 0.321. The summed E-state index contributed by atoms with van der Waals surface area (Å²) in [5.74, 6) is -0.469. The number of carbonyl (C=O) groups is 2. The molecule has 2 rings (SSSR count). The Morgan fingerprint density at radius 1 is 1.05 bits per heavy atom. The lowest BCUT2D eigenvalue weighted by Gasteiger charge is -2.07. The normalized spacial score (nSPS) is 10.1. The Morgan fingerprint density at radius 2 is 1.73 bits per heavy atom. The van der Waals surface area contributed by atoms with Crippen molar-refractivity contribution >= 4 is 11.8 Å². The molecule has 1 aromatic carbocycles. The molecule has 2 aromatic rings. The van der Waals surface area contributed by atoms with E-state index >= 15 is 0 Å². The van der Waals surface area contributed by atoms with Gasteiger partial charge in [-0.3, -0.25) is 14.4 Å². The SMILES string of the molecule is CNC(=O)c1ccc(CNC(=O)c2ccn(C)c(=O)c2)cc1. The molecule has 0 radical (unpaired) electrons. The molecule has 0 atom stereocenters. The maximum Gasteiger partial charge on any atom is 0.251 e. The van der Waals surface area contributed by atoms with Crippen LogP contribution in [0.15, 0.2) is 47.4 Å². The number of aryl methyl sites for hydroxylation is 1. The van der Waals surface area contributed by atoms with Gasteiger partial charge in [-0.05, 0) is 23.8 Å². The highest BCUT2D eigenvalue weighted by atomic mass is 16.2. The molecule has 0 aliphatic heterocycles. The van der Waals surface area contributed by atoms with Gasteiger partial charge in [0.2, 0.25) is 0 Å². The van der Waals surface area contributed by atoms with Crippen molar-refractivity contribution < 1.29 is 9.59 Å².